The number of ether oxygens (including phenoxy) is 2. The topological polar surface area (TPSA) is 103 Å². The van der Waals surface area contributed by atoms with Gasteiger partial charge in [0.2, 0.25) is 0 Å². The molecule has 1 N–H and O–H groups in total. The predicted molar refractivity (Wildman–Crippen MR) is 116 cm³/mol. The second kappa shape index (κ2) is 10.5. The second-order valence-corrected chi connectivity index (χ2v) is 6.65. The molecule has 31 heavy (non-hydrogen) atoms. The van der Waals surface area contributed by atoms with Crippen LogP contribution in [-0.4, -0.2) is 23.7 Å². The number of hydrogen-bond donors (Lipinski definition) is 1. The molecule has 0 saturated heterocycles. The summed E-state index contributed by atoms with van der Waals surface area (Å²) < 4.78 is 11.0. The number of hydrazone groups is 1. The van der Waals surface area contributed by atoms with E-state index in [1.54, 1.807) is 6.07 Å². The first kappa shape index (κ1) is 21.5. The average molecular weight is 419 g/mol. The molecule has 0 fully saturated rings. The van der Waals surface area contributed by atoms with Crippen LogP contribution in [0.1, 0.15) is 16.7 Å². The van der Waals surface area contributed by atoms with Crippen molar-refractivity contribution in [3.8, 4) is 11.5 Å². The summed E-state index contributed by atoms with van der Waals surface area (Å²) >= 11 is 0. The van der Waals surface area contributed by atoms with Crippen molar-refractivity contribution in [2.75, 3.05) is 6.61 Å². The number of nitro groups is 1. The molecule has 0 aromatic heterocycles. The Morgan fingerprint density at radius 3 is 2.45 bits per heavy atom. The SMILES string of the molecule is Cc1ccc(COc2ccc(/C=N/NC(=O)COc3ccccc3[N+](=O)[O-])cc2)cc1. The van der Waals surface area contributed by atoms with Gasteiger partial charge in [-0.3, -0.25) is 14.9 Å². The van der Waals surface area contributed by atoms with Gasteiger partial charge in [0.1, 0.15) is 12.4 Å². The molecule has 0 aliphatic heterocycles. The fraction of sp³-hybridized carbons (Fsp3) is 0.130. The Labute approximate surface area is 179 Å². The third kappa shape index (κ3) is 6.67. The largest absolute Gasteiger partial charge is 0.489 e. The van der Waals surface area contributed by atoms with Crippen molar-refractivity contribution < 1.29 is 19.2 Å². The molecular formula is C23H21N3O5. The lowest BCUT2D eigenvalue weighted by Gasteiger charge is -2.07. The molecule has 3 aromatic rings. The first-order chi connectivity index (χ1) is 15.0. The van der Waals surface area contributed by atoms with Crippen molar-refractivity contribution in [1.29, 1.82) is 0 Å². The molecule has 0 saturated carbocycles. The fourth-order valence-electron chi connectivity index (χ4n) is 2.59. The summed E-state index contributed by atoms with van der Waals surface area (Å²) in [6.07, 6.45) is 1.48. The maximum Gasteiger partial charge on any atom is 0.310 e. The molecule has 3 aromatic carbocycles. The second-order valence-electron chi connectivity index (χ2n) is 6.65. The molecule has 0 bridgehead atoms. The van der Waals surface area contributed by atoms with Crippen molar-refractivity contribution in [2.24, 2.45) is 5.10 Å². The Hall–Kier alpha value is -4.20. The number of nitrogens with one attached hydrogen (secondary N) is 1. The van der Waals surface area contributed by atoms with Crippen LogP contribution in [0, 0.1) is 17.0 Å². The van der Waals surface area contributed by atoms with Gasteiger partial charge in [-0.15, -0.1) is 0 Å². The summed E-state index contributed by atoms with van der Waals surface area (Å²) in [5.74, 6) is 0.208. The molecule has 3 rings (SSSR count). The first-order valence-corrected chi connectivity index (χ1v) is 9.48. The molecule has 8 heteroatoms. The summed E-state index contributed by atoms with van der Waals surface area (Å²) in [5.41, 5.74) is 5.17. The smallest absolute Gasteiger partial charge is 0.310 e. The lowest BCUT2D eigenvalue weighted by atomic mass is 10.2. The minimum Gasteiger partial charge on any atom is -0.489 e. The van der Waals surface area contributed by atoms with E-state index in [0.29, 0.717) is 6.61 Å². The van der Waals surface area contributed by atoms with Gasteiger partial charge in [-0.05, 0) is 48.4 Å². The van der Waals surface area contributed by atoms with E-state index < -0.39 is 17.4 Å². The van der Waals surface area contributed by atoms with Crippen LogP contribution in [0.2, 0.25) is 0 Å². The average Bonchev–Trinajstić information content (AvgIpc) is 2.78. The highest BCUT2D eigenvalue weighted by Crippen LogP contribution is 2.25. The van der Waals surface area contributed by atoms with E-state index in [9.17, 15) is 14.9 Å². The lowest BCUT2D eigenvalue weighted by Crippen LogP contribution is -2.24. The van der Waals surface area contributed by atoms with Crippen molar-refractivity contribution in [2.45, 2.75) is 13.5 Å². The van der Waals surface area contributed by atoms with Crippen LogP contribution in [0.5, 0.6) is 11.5 Å². The zero-order chi connectivity index (χ0) is 22.1. The zero-order valence-corrected chi connectivity index (χ0v) is 16.9. The number of aryl methyl sites for hydroxylation is 1. The Balaban J connectivity index is 1.44. The van der Waals surface area contributed by atoms with Crippen molar-refractivity contribution in [3.63, 3.8) is 0 Å². The number of carbonyl (C=O) groups is 1. The highest BCUT2D eigenvalue weighted by atomic mass is 16.6. The van der Waals surface area contributed by atoms with Crippen LogP contribution in [0.4, 0.5) is 5.69 Å². The number of nitro benzene ring substituents is 1. The summed E-state index contributed by atoms with van der Waals surface area (Å²) in [7, 11) is 0. The summed E-state index contributed by atoms with van der Waals surface area (Å²) in [4.78, 5) is 22.2. The van der Waals surface area contributed by atoms with E-state index in [1.807, 2.05) is 55.5 Å². The van der Waals surface area contributed by atoms with Gasteiger partial charge in [0.15, 0.2) is 12.4 Å². The Morgan fingerprint density at radius 2 is 1.74 bits per heavy atom. The molecule has 0 radical (unpaired) electrons. The maximum absolute atomic E-state index is 11.8. The van der Waals surface area contributed by atoms with Crippen molar-refractivity contribution in [3.05, 3.63) is 99.6 Å². The van der Waals surface area contributed by atoms with E-state index >= 15 is 0 Å². The van der Waals surface area contributed by atoms with Crippen molar-refractivity contribution in [1.82, 2.24) is 5.43 Å². The standard InChI is InChI=1S/C23H21N3O5/c1-17-6-8-19(9-7-17)15-30-20-12-10-18(11-13-20)14-24-25-23(27)16-31-22-5-3-2-4-21(22)26(28)29/h2-14H,15-16H2,1H3,(H,25,27)/b24-14+. The Kier molecular flexibility index (Phi) is 7.31. The maximum atomic E-state index is 11.8. The number of rotatable bonds is 9. The number of para-hydroxylation sites is 2. The molecule has 0 aliphatic rings. The Morgan fingerprint density at radius 1 is 1.03 bits per heavy atom. The van der Waals surface area contributed by atoms with E-state index in [-0.39, 0.29) is 11.4 Å². The van der Waals surface area contributed by atoms with Crippen LogP contribution in [0.15, 0.2) is 77.9 Å². The van der Waals surface area contributed by atoms with Crippen LogP contribution in [0.3, 0.4) is 0 Å². The molecular weight excluding hydrogens is 398 g/mol. The monoisotopic (exact) mass is 419 g/mol. The number of nitrogens with zero attached hydrogens (tertiary/aromatic N) is 2. The summed E-state index contributed by atoms with van der Waals surface area (Å²) in [6.45, 7) is 2.12. The van der Waals surface area contributed by atoms with E-state index in [0.717, 1.165) is 16.9 Å². The van der Waals surface area contributed by atoms with Gasteiger partial charge < -0.3 is 9.47 Å². The first-order valence-electron chi connectivity index (χ1n) is 9.48. The van der Waals surface area contributed by atoms with Gasteiger partial charge in [0, 0.05) is 6.07 Å². The van der Waals surface area contributed by atoms with Gasteiger partial charge in [0.05, 0.1) is 11.1 Å². The fourth-order valence-corrected chi connectivity index (χ4v) is 2.59. The molecule has 0 spiro atoms. The number of benzene rings is 3. The van der Waals surface area contributed by atoms with Gasteiger partial charge >= 0.3 is 5.69 Å². The number of amides is 1. The normalized spacial score (nSPS) is 10.6. The molecule has 158 valence electrons. The van der Waals surface area contributed by atoms with Gasteiger partial charge in [-0.2, -0.15) is 5.10 Å². The highest BCUT2D eigenvalue weighted by molar-refractivity contribution is 5.83. The summed E-state index contributed by atoms with van der Waals surface area (Å²) in [5, 5.41) is 14.8. The van der Waals surface area contributed by atoms with E-state index in [1.165, 1.54) is 30.0 Å². The van der Waals surface area contributed by atoms with Gasteiger partial charge in [-0.25, -0.2) is 5.43 Å². The zero-order valence-electron chi connectivity index (χ0n) is 16.9. The number of hydrogen-bond acceptors (Lipinski definition) is 6. The van der Waals surface area contributed by atoms with Crippen LogP contribution >= 0.6 is 0 Å². The molecule has 0 aliphatic carbocycles. The minimum absolute atomic E-state index is 0.0212. The van der Waals surface area contributed by atoms with Crippen molar-refractivity contribution >= 4 is 17.8 Å². The van der Waals surface area contributed by atoms with Crippen LogP contribution in [0.25, 0.3) is 0 Å². The van der Waals surface area contributed by atoms with Gasteiger partial charge in [-0.1, -0.05) is 42.0 Å². The molecule has 0 atom stereocenters. The molecule has 1 amide bonds. The Bertz CT molecular complexity index is 1060. The molecule has 0 heterocycles. The molecule has 0 unspecified atom stereocenters. The minimum atomic E-state index is -0.570. The highest BCUT2D eigenvalue weighted by Gasteiger charge is 2.14. The molecule has 8 nitrogen and oxygen atoms in total. The predicted octanol–water partition coefficient (Wildman–Crippen LogP) is 4.01. The third-order valence-corrected chi connectivity index (χ3v) is 4.23. The van der Waals surface area contributed by atoms with Crippen LogP contribution < -0.4 is 14.9 Å². The van der Waals surface area contributed by atoms with Gasteiger partial charge in [0.25, 0.3) is 5.91 Å². The lowest BCUT2D eigenvalue weighted by molar-refractivity contribution is -0.385. The number of carbonyl (C=O) groups excluding carboxylic acids is 1. The van der Waals surface area contributed by atoms with E-state index in [2.05, 4.69) is 10.5 Å². The summed E-state index contributed by atoms with van der Waals surface area (Å²) in [6, 6.07) is 21.2. The quantitative estimate of drug-likeness (QED) is 0.321. The third-order valence-electron chi connectivity index (χ3n) is 4.23. The van der Waals surface area contributed by atoms with E-state index in [4.69, 9.17) is 9.47 Å². The van der Waals surface area contributed by atoms with Crippen LogP contribution in [-0.2, 0) is 11.4 Å².